The summed E-state index contributed by atoms with van der Waals surface area (Å²) in [6, 6.07) is 12.1. The van der Waals surface area contributed by atoms with Gasteiger partial charge in [0.05, 0.1) is 17.3 Å². The molecule has 0 aliphatic rings. The van der Waals surface area contributed by atoms with Gasteiger partial charge in [0.25, 0.3) is 0 Å². The first kappa shape index (κ1) is 15.0. The van der Waals surface area contributed by atoms with Crippen LogP contribution < -0.4 is 5.32 Å². The summed E-state index contributed by atoms with van der Waals surface area (Å²) in [5.74, 6) is -0.274. The van der Waals surface area contributed by atoms with E-state index in [-0.39, 0.29) is 11.9 Å². The molecule has 0 amide bonds. The summed E-state index contributed by atoms with van der Waals surface area (Å²) in [6.07, 6.45) is 0. The highest BCUT2D eigenvalue weighted by Gasteiger charge is 2.13. The molecule has 2 aromatic rings. The van der Waals surface area contributed by atoms with Crippen LogP contribution >= 0.6 is 31.9 Å². The van der Waals surface area contributed by atoms with Gasteiger partial charge in [0, 0.05) is 14.5 Å². The number of anilines is 1. The maximum absolute atomic E-state index is 13.8. The third-order valence-electron chi connectivity index (χ3n) is 2.90. The molecule has 20 heavy (non-hydrogen) atoms. The van der Waals surface area contributed by atoms with Crippen LogP contribution in [-0.4, -0.2) is 0 Å². The molecule has 0 fully saturated rings. The van der Waals surface area contributed by atoms with Gasteiger partial charge in [-0.2, -0.15) is 5.26 Å². The summed E-state index contributed by atoms with van der Waals surface area (Å²) >= 11 is 6.66. The van der Waals surface area contributed by atoms with E-state index >= 15 is 0 Å². The first-order valence-corrected chi connectivity index (χ1v) is 7.51. The molecule has 1 unspecified atom stereocenters. The van der Waals surface area contributed by atoms with Crippen LogP contribution in [0.25, 0.3) is 0 Å². The van der Waals surface area contributed by atoms with Crippen LogP contribution in [0.15, 0.2) is 45.3 Å². The summed E-state index contributed by atoms with van der Waals surface area (Å²) in [7, 11) is 0. The van der Waals surface area contributed by atoms with E-state index in [0.29, 0.717) is 16.8 Å². The lowest BCUT2D eigenvalue weighted by atomic mass is 10.1. The highest BCUT2D eigenvalue weighted by atomic mass is 79.9. The van der Waals surface area contributed by atoms with Crippen molar-refractivity contribution in [3.05, 3.63) is 62.3 Å². The van der Waals surface area contributed by atoms with Crippen molar-refractivity contribution in [2.75, 3.05) is 5.32 Å². The highest BCUT2D eigenvalue weighted by Crippen LogP contribution is 2.27. The van der Waals surface area contributed by atoms with Gasteiger partial charge in [-0.3, -0.25) is 0 Å². The first-order valence-electron chi connectivity index (χ1n) is 5.92. The highest BCUT2D eigenvalue weighted by molar-refractivity contribution is 9.10. The summed E-state index contributed by atoms with van der Waals surface area (Å²) < 4.78 is 15.5. The van der Waals surface area contributed by atoms with Gasteiger partial charge in [-0.15, -0.1) is 0 Å². The van der Waals surface area contributed by atoms with Crippen LogP contribution in [0.2, 0.25) is 0 Å². The Hall–Kier alpha value is -1.38. The SMILES string of the molecule is CC(Nc1ccc(Br)cc1C#N)c1cc(Br)ccc1F. The molecule has 0 heterocycles. The summed E-state index contributed by atoms with van der Waals surface area (Å²) in [4.78, 5) is 0. The van der Waals surface area contributed by atoms with Crippen molar-refractivity contribution in [1.29, 1.82) is 5.26 Å². The van der Waals surface area contributed by atoms with E-state index in [0.717, 1.165) is 8.95 Å². The topological polar surface area (TPSA) is 35.8 Å². The van der Waals surface area contributed by atoms with Crippen molar-refractivity contribution >= 4 is 37.5 Å². The Balaban J connectivity index is 2.30. The quantitative estimate of drug-likeness (QED) is 0.752. The van der Waals surface area contributed by atoms with Crippen molar-refractivity contribution in [1.82, 2.24) is 0 Å². The molecule has 5 heteroatoms. The number of halogens is 3. The van der Waals surface area contributed by atoms with E-state index in [9.17, 15) is 4.39 Å². The van der Waals surface area contributed by atoms with Gasteiger partial charge in [-0.05, 0) is 43.3 Å². The smallest absolute Gasteiger partial charge is 0.128 e. The van der Waals surface area contributed by atoms with Crippen LogP contribution in [0.5, 0.6) is 0 Å². The molecule has 2 aromatic carbocycles. The van der Waals surface area contributed by atoms with Crippen LogP contribution in [0, 0.1) is 17.1 Å². The number of hydrogen-bond donors (Lipinski definition) is 1. The molecule has 0 bridgehead atoms. The summed E-state index contributed by atoms with van der Waals surface area (Å²) in [5, 5.41) is 12.3. The van der Waals surface area contributed by atoms with Crippen molar-refractivity contribution in [2.45, 2.75) is 13.0 Å². The van der Waals surface area contributed by atoms with Crippen molar-refractivity contribution < 1.29 is 4.39 Å². The van der Waals surface area contributed by atoms with Crippen molar-refractivity contribution in [2.24, 2.45) is 0 Å². The standard InChI is InChI=1S/C15H11Br2FN2/c1-9(13-7-12(17)2-4-14(13)18)20-15-5-3-11(16)6-10(15)8-19/h2-7,9,20H,1H3. The van der Waals surface area contributed by atoms with Gasteiger partial charge < -0.3 is 5.32 Å². The molecule has 102 valence electrons. The fourth-order valence-electron chi connectivity index (χ4n) is 1.89. The second-order valence-electron chi connectivity index (χ2n) is 4.33. The van der Waals surface area contributed by atoms with E-state index in [2.05, 4.69) is 43.2 Å². The summed E-state index contributed by atoms with van der Waals surface area (Å²) in [5.41, 5.74) is 1.75. The van der Waals surface area contributed by atoms with E-state index in [1.54, 1.807) is 24.3 Å². The Kier molecular flexibility index (Phi) is 4.79. The Labute approximate surface area is 133 Å². The summed E-state index contributed by atoms with van der Waals surface area (Å²) in [6.45, 7) is 1.86. The number of nitriles is 1. The molecule has 0 aliphatic heterocycles. The Morgan fingerprint density at radius 3 is 2.50 bits per heavy atom. The fraction of sp³-hybridized carbons (Fsp3) is 0.133. The van der Waals surface area contributed by atoms with Gasteiger partial charge in [0.1, 0.15) is 11.9 Å². The number of nitrogens with zero attached hydrogens (tertiary/aromatic N) is 1. The van der Waals surface area contributed by atoms with E-state index in [1.165, 1.54) is 6.07 Å². The Morgan fingerprint density at radius 2 is 1.80 bits per heavy atom. The molecule has 0 aromatic heterocycles. The third kappa shape index (κ3) is 3.38. The minimum atomic E-state index is -0.274. The zero-order chi connectivity index (χ0) is 14.7. The van der Waals surface area contributed by atoms with Gasteiger partial charge in [-0.1, -0.05) is 31.9 Å². The van der Waals surface area contributed by atoms with Crippen LogP contribution in [0.4, 0.5) is 10.1 Å². The average molecular weight is 398 g/mol. The fourth-order valence-corrected chi connectivity index (χ4v) is 2.63. The second kappa shape index (κ2) is 6.38. The molecular weight excluding hydrogens is 387 g/mol. The minimum Gasteiger partial charge on any atom is -0.377 e. The Morgan fingerprint density at radius 1 is 1.15 bits per heavy atom. The lowest BCUT2D eigenvalue weighted by molar-refractivity contribution is 0.600. The lowest BCUT2D eigenvalue weighted by Gasteiger charge is -2.17. The Bertz CT molecular complexity index is 680. The van der Waals surface area contributed by atoms with Gasteiger partial charge >= 0.3 is 0 Å². The van der Waals surface area contributed by atoms with Gasteiger partial charge in [0.2, 0.25) is 0 Å². The number of hydrogen-bond acceptors (Lipinski definition) is 2. The molecule has 0 spiro atoms. The predicted molar refractivity (Wildman–Crippen MR) is 85.0 cm³/mol. The third-order valence-corrected chi connectivity index (χ3v) is 3.89. The maximum Gasteiger partial charge on any atom is 0.128 e. The van der Waals surface area contributed by atoms with Crippen LogP contribution in [-0.2, 0) is 0 Å². The first-order chi connectivity index (χ1) is 9.51. The molecular formula is C15H11Br2FN2. The molecule has 0 saturated heterocycles. The van der Waals surface area contributed by atoms with E-state index in [4.69, 9.17) is 5.26 Å². The van der Waals surface area contributed by atoms with Gasteiger partial charge in [-0.25, -0.2) is 4.39 Å². The molecule has 2 rings (SSSR count). The zero-order valence-corrected chi connectivity index (χ0v) is 13.8. The second-order valence-corrected chi connectivity index (χ2v) is 6.16. The molecule has 1 atom stereocenters. The molecule has 0 radical (unpaired) electrons. The monoisotopic (exact) mass is 396 g/mol. The molecule has 1 N–H and O–H groups in total. The average Bonchev–Trinajstić information content (AvgIpc) is 2.43. The van der Waals surface area contributed by atoms with E-state index < -0.39 is 0 Å². The normalized spacial score (nSPS) is 11.8. The largest absolute Gasteiger partial charge is 0.377 e. The van der Waals surface area contributed by atoms with E-state index in [1.807, 2.05) is 13.0 Å². The maximum atomic E-state index is 13.8. The number of nitrogens with one attached hydrogen (secondary N) is 1. The minimum absolute atomic E-state index is 0.249. The van der Waals surface area contributed by atoms with Crippen molar-refractivity contribution in [3.8, 4) is 6.07 Å². The molecule has 0 aliphatic carbocycles. The predicted octanol–water partition coefficient (Wildman–Crippen LogP) is 5.40. The zero-order valence-electron chi connectivity index (χ0n) is 10.6. The number of benzene rings is 2. The lowest BCUT2D eigenvalue weighted by Crippen LogP contribution is -2.09. The molecule has 0 saturated carbocycles. The van der Waals surface area contributed by atoms with Crippen molar-refractivity contribution in [3.63, 3.8) is 0 Å². The number of rotatable bonds is 3. The van der Waals surface area contributed by atoms with Crippen LogP contribution in [0.1, 0.15) is 24.1 Å². The molecule has 2 nitrogen and oxygen atoms in total. The van der Waals surface area contributed by atoms with Gasteiger partial charge in [0.15, 0.2) is 0 Å². The van der Waals surface area contributed by atoms with Crippen LogP contribution in [0.3, 0.4) is 0 Å².